The lowest BCUT2D eigenvalue weighted by molar-refractivity contribution is 0.184. The summed E-state index contributed by atoms with van der Waals surface area (Å²) < 4.78 is 12.3. The summed E-state index contributed by atoms with van der Waals surface area (Å²) >= 11 is 0. The molecule has 46 heavy (non-hydrogen) atoms. The van der Waals surface area contributed by atoms with Crippen LogP contribution in [-0.2, 0) is 5.41 Å². The Hall–Kier alpha value is -3.92. The molecule has 2 fully saturated rings. The summed E-state index contributed by atoms with van der Waals surface area (Å²) in [6, 6.07) is 32.8. The Morgan fingerprint density at radius 3 is 1.35 bits per heavy atom. The number of anilines is 2. The van der Waals surface area contributed by atoms with Gasteiger partial charge in [-0.15, -0.1) is 0 Å². The van der Waals surface area contributed by atoms with E-state index in [9.17, 15) is 0 Å². The van der Waals surface area contributed by atoms with Crippen LogP contribution in [0.15, 0.2) is 97.1 Å². The van der Waals surface area contributed by atoms with Crippen molar-refractivity contribution in [1.29, 1.82) is 0 Å². The second-order valence-corrected chi connectivity index (χ2v) is 14.0. The van der Waals surface area contributed by atoms with Crippen LogP contribution in [0.1, 0.15) is 102 Å². The predicted octanol–water partition coefficient (Wildman–Crippen LogP) is 11.7. The van der Waals surface area contributed by atoms with Gasteiger partial charge in [0.25, 0.3) is 0 Å². The summed E-state index contributed by atoms with van der Waals surface area (Å²) in [6.07, 6.45) is 17.8. The molecule has 0 radical (unpaired) electrons. The van der Waals surface area contributed by atoms with E-state index in [-0.39, 0.29) is 5.41 Å². The zero-order chi connectivity index (χ0) is 31.8. The highest BCUT2D eigenvalue weighted by molar-refractivity contribution is 5.47. The Morgan fingerprint density at radius 2 is 0.913 bits per heavy atom. The number of benzene rings is 4. The van der Waals surface area contributed by atoms with Crippen molar-refractivity contribution in [3.05, 3.63) is 108 Å². The van der Waals surface area contributed by atoms with Crippen LogP contribution >= 0.6 is 0 Å². The van der Waals surface area contributed by atoms with E-state index >= 15 is 0 Å². The molecular weight excluding hydrogens is 564 g/mol. The van der Waals surface area contributed by atoms with Gasteiger partial charge < -0.3 is 20.9 Å². The molecule has 0 heterocycles. The second-order valence-electron chi connectivity index (χ2n) is 14.0. The number of ether oxygens (including phenoxy) is 2. The summed E-state index contributed by atoms with van der Waals surface area (Å²) in [7, 11) is 0. The van der Waals surface area contributed by atoms with Crippen LogP contribution in [0.4, 0.5) is 11.4 Å². The smallest absolute Gasteiger partial charge is 0.127 e. The van der Waals surface area contributed by atoms with Crippen molar-refractivity contribution in [2.75, 3.05) is 11.5 Å². The Bertz CT molecular complexity index is 1390. The third-order valence-corrected chi connectivity index (χ3v) is 10.9. The van der Waals surface area contributed by atoms with Gasteiger partial charge in [-0.25, -0.2) is 0 Å². The third-order valence-electron chi connectivity index (χ3n) is 10.9. The summed E-state index contributed by atoms with van der Waals surface area (Å²) in [5.74, 6) is 6.02. The lowest BCUT2D eigenvalue weighted by atomic mass is 9.61. The maximum atomic E-state index is 6.15. The molecule has 4 N–H and O–H groups in total. The Balaban J connectivity index is 1.15. The molecule has 0 aliphatic heterocycles. The van der Waals surface area contributed by atoms with Crippen LogP contribution < -0.4 is 20.9 Å². The molecule has 2 aliphatic carbocycles. The number of nitrogen functional groups attached to an aromatic ring is 2. The highest BCUT2D eigenvalue weighted by Gasteiger charge is 2.39. The fourth-order valence-electron chi connectivity index (χ4n) is 8.09. The molecule has 4 heteroatoms. The average Bonchev–Trinajstić information content (AvgIpc) is 3.09. The van der Waals surface area contributed by atoms with E-state index in [2.05, 4.69) is 55.5 Å². The molecule has 0 bridgehead atoms. The Morgan fingerprint density at radius 1 is 0.522 bits per heavy atom. The highest BCUT2D eigenvalue weighted by Crippen LogP contribution is 2.49. The van der Waals surface area contributed by atoms with E-state index in [1.54, 1.807) is 0 Å². The number of nitrogens with two attached hydrogens (primary N) is 2. The zero-order valence-electron chi connectivity index (χ0n) is 27.6. The van der Waals surface area contributed by atoms with Crippen molar-refractivity contribution in [2.45, 2.75) is 95.8 Å². The van der Waals surface area contributed by atoms with Crippen molar-refractivity contribution in [2.24, 2.45) is 17.8 Å². The van der Waals surface area contributed by atoms with E-state index in [0.29, 0.717) is 0 Å². The van der Waals surface area contributed by atoms with Crippen LogP contribution in [0.2, 0.25) is 0 Å². The monoisotopic (exact) mass is 616 g/mol. The van der Waals surface area contributed by atoms with Gasteiger partial charge in [-0.05, 0) is 134 Å². The number of unbranched alkanes of at least 4 members (excludes halogenated alkanes) is 2. The molecule has 4 nitrogen and oxygen atoms in total. The molecule has 6 rings (SSSR count). The molecule has 0 unspecified atom stereocenters. The molecular formula is C42H52N2O2. The zero-order valence-corrected chi connectivity index (χ0v) is 27.6. The van der Waals surface area contributed by atoms with Crippen LogP contribution in [0.25, 0.3) is 0 Å². The van der Waals surface area contributed by atoms with Gasteiger partial charge in [0, 0.05) is 16.8 Å². The lowest BCUT2D eigenvalue weighted by Gasteiger charge is -2.42. The third kappa shape index (κ3) is 8.07. The minimum absolute atomic E-state index is 0.0209. The van der Waals surface area contributed by atoms with Gasteiger partial charge in [0.1, 0.15) is 23.0 Å². The van der Waals surface area contributed by atoms with Gasteiger partial charge in [-0.3, -0.25) is 0 Å². The molecule has 0 spiro atoms. The minimum Gasteiger partial charge on any atom is -0.457 e. The lowest BCUT2D eigenvalue weighted by Crippen LogP contribution is -2.34. The first kappa shape index (κ1) is 32.0. The van der Waals surface area contributed by atoms with E-state index in [4.69, 9.17) is 20.9 Å². The van der Waals surface area contributed by atoms with Crippen molar-refractivity contribution in [3.63, 3.8) is 0 Å². The normalized spacial score (nSPS) is 19.8. The first-order valence-corrected chi connectivity index (χ1v) is 17.8. The van der Waals surface area contributed by atoms with Gasteiger partial charge >= 0.3 is 0 Å². The van der Waals surface area contributed by atoms with Crippen molar-refractivity contribution in [3.8, 4) is 23.0 Å². The fourth-order valence-corrected chi connectivity index (χ4v) is 8.09. The standard InChI is InChI=1S/C42H52N2O2/c1-2-3-4-5-31-6-8-32(9-7-31)30-33-26-28-42(29-27-33,34-10-18-38(19-11-34)45-40-22-14-36(43)15-23-40)35-12-20-39(21-13-35)46-41-24-16-37(44)17-25-41/h10-25,31-33H,2-9,26-30,43-44H2,1H3. The van der Waals surface area contributed by atoms with Crippen molar-refractivity contribution < 1.29 is 9.47 Å². The summed E-state index contributed by atoms with van der Waals surface area (Å²) in [5, 5.41) is 0. The number of rotatable bonds is 12. The molecule has 242 valence electrons. The molecule has 2 saturated carbocycles. The molecule has 4 aromatic rings. The fraction of sp³-hybridized carbons (Fsp3) is 0.429. The van der Waals surface area contributed by atoms with E-state index < -0.39 is 0 Å². The molecule has 0 saturated heterocycles. The van der Waals surface area contributed by atoms with Gasteiger partial charge in [0.15, 0.2) is 0 Å². The predicted molar refractivity (Wildman–Crippen MR) is 192 cm³/mol. The quantitative estimate of drug-likeness (QED) is 0.123. The summed E-state index contributed by atoms with van der Waals surface area (Å²) in [6.45, 7) is 2.31. The SMILES string of the molecule is CCCCCC1CCC(CC2CCC(c3ccc(Oc4ccc(N)cc4)cc3)(c3ccc(Oc4ccc(N)cc4)cc3)CC2)CC1. The summed E-state index contributed by atoms with van der Waals surface area (Å²) in [4.78, 5) is 0. The van der Waals surface area contributed by atoms with E-state index in [0.717, 1.165) is 52.1 Å². The van der Waals surface area contributed by atoms with Crippen LogP contribution in [-0.4, -0.2) is 0 Å². The molecule has 0 amide bonds. The topological polar surface area (TPSA) is 70.5 Å². The maximum Gasteiger partial charge on any atom is 0.127 e. The Labute approximate surface area is 276 Å². The maximum absolute atomic E-state index is 6.15. The van der Waals surface area contributed by atoms with Gasteiger partial charge in [0.05, 0.1) is 0 Å². The van der Waals surface area contributed by atoms with Crippen molar-refractivity contribution >= 4 is 11.4 Å². The first-order chi connectivity index (χ1) is 22.5. The van der Waals surface area contributed by atoms with E-state index in [1.807, 2.05) is 48.5 Å². The first-order valence-electron chi connectivity index (χ1n) is 17.8. The van der Waals surface area contributed by atoms with Crippen LogP contribution in [0.3, 0.4) is 0 Å². The summed E-state index contributed by atoms with van der Waals surface area (Å²) in [5.41, 5.74) is 15.9. The van der Waals surface area contributed by atoms with E-state index in [1.165, 1.54) is 94.6 Å². The van der Waals surface area contributed by atoms with Gasteiger partial charge in [-0.2, -0.15) is 0 Å². The highest BCUT2D eigenvalue weighted by atomic mass is 16.5. The molecule has 2 aliphatic rings. The van der Waals surface area contributed by atoms with Gasteiger partial charge in [-0.1, -0.05) is 82.6 Å². The van der Waals surface area contributed by atoms with Gasteiger partial charge in [0.2, 0.25) is 0 Å². The number of hydrogen-bond acceptors (Lipinski definition) is 4. The molecule has 0 aromatic heterocycles. The van der Waals surface area contributed by atoms with Crippen LogP contribution in [0, 0.1) is 17.8 Å². The molecule has 4 aromatic carbocycles. The van der Waals surface area contributed by atoms with Crippen LogP contribution in [0.5, 0.6) is 23.0 Å². The number of hydrogen-bond donors (Lipinski definition) is 2. The Kier molecular flexibility index (Phi) is 10.5. The molecule has 0 atom stereocenters. The second kappa shape index (κ2) is 15.1. The largest absolute Gasteiger partial charge is 0.457 e. The van der Waals surface area contributed by atoms with Crippen molar-refractivity contribution in [1.82, 2.24) is 0 Å². The average molecular weight is 617 g/mol. The minimum atomic E-state index is -0.0209.